The van der Waals surface area contributed by atoms with Gasteiger partial charge < -0.3 is 16.4 Å². The molecule has 0 unspecified atom stereocenters. The van der Waals surface area contributed by atoms with Crippen molar-refractivity contribution < 1.29 is 0 Å². The highest BCUT2D eigenvalue weighted by Gasteiger charge is 2.43. The number of aromatic nitrogens is 5. The van der Waals surface area contributed by atoms with E-state index >= 15 is 0 Å². The second-order valence-corrected chi connectivity index (χ2v) is 8.08. The number of rotatable bonds is 2. The Hall–Kier alpha value is -3.25. The molecule has 0 bridgehead atoms. The number of nitrogens with two attached hydrogens (primary N) is 2. The number of pyridine rings is 1. The standard InChI is InChI=1S/C20H23N9/c21-10-13-12(3-7-24-18(13)23)16-17-19(28-27-16)26-15(11-25-17)29-8-5-20(6-9-29)4-1-2-14(20)22/h3,7,11,14H,1-2,4-6,8-9,22H2,(H2,23,24)(H,26,27,28)/t14-/m1/s1. The van der Waals surface area contributed by atoms with E-state index in [1.54, 1.807) is 18.5 Å². The van der Waals surface area contributed by atoms with Gasteiger partial charge in [-0.2, -0.15) is 10.4 Å². The topological polar surface area (TPSA) is 146 Å². The van der Waals surface area contributed by atoms with Gasteiger partial charge in [-0.15, -0.1) is 0 Å². The van der Waals surface area contributed by atoms with Gasteiger partial charge in [-0.05, 0) is 37.2 Å². The lowest BCUT2D eigenvalue weighted by Crippen LogP contribution is -2.47. The lowest BCUT2D eigenvalue weighted by atomic mass is 9.74. The fraction of sp³-hybridized carbons (Fsp3) is 0.450. The summed E-state index contributed by atoms with van der Waals surface area (Å²) in [5.74, 6) is 1.01. The van der Waals surface area contributed by atoms with Crippen molar-refractivity contribution in [2.75, 3.05) is 23.7 Å². The zero-order valence-corrected chi connectivity index (χ0v) is 16.1. The molecule has 9 nitrogen and oxygen atoms in total. The van der Waals surface area contributed by atoms with Crippen LogP contribution in [0.15, 0.2) is 18.5 Å². The highest BCUT2D eigenvalue weighted by Crippen LogP contribution is 2.45. The minimum absolute atomic E-state index is 0.185. The van der Waals surface area contributed by atoms with E-state index < -0.39 is 0 Å². The third-order valence-corrected chi connectivity index (χ3v) is 6.67. The van der Waals surface area contributed by atoms with Crippen LogP contribution in [0.25, 0.3) is 22.4 Å². The molecule has 9 heteroatoms. The Morgan fingerprint density at radius 2 is 2.07 bits per heavy atom. The molecule has 148 valence electrons. The van der Waals surface area contributed by atoms with Crippen LogP contribution in [0, 0.1) is 16.7 Å². The van der Waals surface area contributed by atoms with E-state index in [1.807, 2.05) is 0 Å². The second kappa shape index (κ2) is 6.67. The maximum Gasteiger partial charge on any atom is 0.202 e. The number of aromatic amines is 1. The van der Waals surface area contributed by atoms with Crippen molar-refractivity contribution in [2.24, 2.45) is 11.1 Å². The van der Waals surface area contributed by atoms with Crippen molar-refractivity contribution in [3.63, 3.8) is 0 Å². The first-order valence-electron chi connectivity index (χ1n) is 9.98. The number of piperidine rings is 1. The van der Waals surface area contributed by atoms with E-state index in [2.05, 4.69) is 31.1 Å². The minimum atomic E-state index is 0.185. The van der Waals surface area contributed by atoms with Gasteiger partial charge in [-0.1, -0.05) is 6.42 Å². The molecule has 3 aromatic rings. The van der Waals surface area contributed by atoms with E-state index in [0.29, 0.717) is 39.4 Å². The first-order chi connectivity index (χ1) is 14.1. The van der Waals surface area contributed by atoms with Gasteiger partial charge in [0.15, 0.2) is 0 Å². The number of nitrogens with one attached hydrogen (secondary N) is 1. The van der Waals surface area contributed by atoms with E-state index in [4.69, 9.17) is 16.5 Å². The number of nitrogen functional groups attached to an aromatic ring is 1. The van der Waals surface area contributed by atoms with Crippen LogP contribution >= 0.6 is 0 Å². The summed E-state index contributed by atoms with van der Waals surface area (Å²) in [5.41, 5.74) is 15.2. The largest absolute Gasteiger partial charge is 0.383 e. The van der Waals surface area contributed by atoms with E-state index in [1.165, 1.54) is 12.8 Å². The van der Waals surface area contributed by atoms with Crippen LogP contribution in [0.2, 0.25) is 0 Å². The van der Waals surface area contributed by atoms with Crippen LogP contribution < -0.4 is 16.4 Å². The predicted octanol–water partition coefficient (Wildman–Crippen LogP) is 1.97. The number of anilines is 2. The van der Waals surface area contributed by atoms with Gasteiger partial charge in [0.25, 0.3) is 0 Å². The van der Waals surface area contributed by atoms with Gasteiger partial charge in [0.05, 0.1) is 11.9 Å². The van der Waals surface area contributed by atoms with Crippen LogP contribution in [0.1, 0.15) is 37.7 Å². The quantitative estimate of drug-likeness (QED) is 0.603. The summed E-state index contributed by atoms with van der Waals surface area (Å²) in [5, 5.41) is 16.7. The Bertz CT molecular complexity index is 1100. The summed E-state index contributed by atoms with van der Waals surface area (Å²) in [7, 11) is 0. The van der Waals surface area contributed by atoms with Gasteiger partial charge in [-0.25, -0.2) is 15.0 Å². The fourth-order valence-corrected chi connectivity index (χ4v) is 4.90. The van der Waals surface area contributed by atoms with Crippen molar-refractivity contribution >= 4 is 22.8 Å². The lowest BCUT2D eigenvalue weighted by Gasteiger charge is -2.42. The highest BCUT2D eigenvalue weighted by atomic mass is 15.2. The number of fused-ring (bicyclic) bond motifs is 1. The molecule has 3 aromatic heterocycles. The van der Waals surface area contributed by atoms with E-state index in [-0.39, 0.29) is 5.82 Å². The second-order valence-electron chi connectivity index (χ2n) is 8.08. The van der Waals surface area contributed by atoms with Crippen molar-refractivity contribution in [3.05, 3.63) is 24.0 Å². The third kappa shape index (κ3) is 2.79. The summed E-state index contributed by atoms with van der Waals surface area (Å²) < 4.78 is 0. The molecular formula is C20H23N9. The molecular weight excluding hydrogens is 366 g/mol. The van der Waals surface area contributed by atoms with Gasteiger partial charge >= 0.3 is 0 Å². The van der Waals surface area contributed by atoms with E-state index in [0.717, 1.165) is 38.2 Å². The molecule has 1 spiro atoms. The molecule has 0 aromatic carbocycles. The maximum absolute atomic E-state index is 9.43. The summed E-state index contributed by atoms with van der Waals surface area (Å²) in [6.07, 6.45) is 9.18. The van der Waals surface area contributed by atoms with Gasteiger partial charge in [0.1, 0.15) is 28.8 Å². The average molecular weight is 389 g/mol. The SMILES string of the molecule is N#Cc1c(-c2[nH]nc3nc(N4CCC5(CCC[C@H]5N)CC4)cnc23)ccnc1N. The molecule has 29 heavy (non-hydrogen) atoms. The molecule has 4 heterocycles. The zero-order chi connectivity index (χ0) is 20.0. The van der Waals surface area contributed by atoms with Crippen molar-refractivity contribution in [2.45, 2.75) is 38.1 Å². The molecule has 1 aliphatic carbocycles. The number of hydrogen-bond donors (Lipinski definition) is 3. The summed E-state index contributed by atoms with van der Waals surface area (Å²) >= 11 is 0. The first kappa shape index (κ1) is 17.8. The molecule has 2 aliphatic rings. The third-order valence-electron chi connectivity index (χ3n) is 6.67. The number of nitriles is 1. The Morgan fingerprint density at radius 3 is 2.79 bits per heavy atom. The Labute approximate surface area is 168 Å². The lowest BCUT2D eigenvalue weighted by molar-refractivity contribution is 0.197. The smallest absolute Gasteiger partial charge is 0.202 e. The van der Waals surface area contributed by atoms with Crippen LogP contribution in [-0.4, -0.2) is 44.3 Å². The molecule has 1 saturated heterocycles. The van der Waals surface area contributed by atoms with Crippen LogP contribution in [0.4, 0.5) is 11.6 Å². The van der Waals surface area contributed by atoms with Crippen LogP contribution in [0.3, 0.4) is 0 Å². The molecule has 1 atom stereocenters. The van der Waals surface area contributed by atoms with Crippen molar-refractivity contribution in [3.8, 4) is 17.3 Å². The summed E-state index contributed by atoms with van der Waals surface area (Å²) in [6, 6.07) is 4.16. The zero-order valence-electron chi connectivity index (χ0n) is 16.1. The average Bonchev–Trinajstić information content (AvgIpc) is 3.32. The Balaban J connectivity index is 1.44. The van der Waals surface area contributed by atoms with Crippen LogP contribution in [-0.2, 0) is 0 Å². The first-order valence-corrected chi connectivity index (χ1v) is 9.98. The van der Waals surface area contributed by atoms with E-state index in [9.17, 15) is 5.26 Å². The summed E-state index contributed by atoms with van der Waals surface area (Å²) in [6.45, 7) is 1.87. The molecule has 2 fully saturated rings. The molecule has 0 radical (unpaired) electrons. The molecule has 5 rings (SSSR count). The normalized spacial score (nSPS) is 21.0. The summed E-state index contributed by atoms with van der Waals surface area (Å²) in [4.78, 5) is 15.6. The highest BCUT2D eigenvalue weighted by molar-refractivity contribution is 5.90. The van der Waals surface area contributed by atoms with Gasteiger partial charge in [-0.3, -0.25) is 5.10 Å². The molecule has 5 N–H and O–H groups in total. The number of H-pyrrole nitrogens is 1. The molecule has 0 amide bonds. The maximum atomic E-state index is 9.43. The number of nitrogens with zero attached hydrogens (tertiary/aromatic N) is 6. The predicted molar refractivity (Wildman–Crippen MR) is 110 cm³/mol. The molecule has 1 aliphatic heterocycles. The monoisotopic (exact) mass is 389 g/mol. The fourth-order valence-electron chi connectivity index (χ4n) is 4.90. The Morgan fingerprint density at radius 1 is 1.24 bits per heavy atom. The minimum Gasteiger partial charge on any atom is -0.383 e. The Kier molecular flexibility index (Phi) is 4.10. The molecule has 1 saturated carbocycles. The van der Waals surface area contributed by atoms with Crippen molar-refractivity contribution in [1.82, 2.24) is 25.1 Å². The van der Waals surface area contributed by atoms with Gasteiger partial charge in [0, 0.05) is 30.9 Å². The number of hydrogen-bond acceptors (Lipinski definition) is 8. The van der Waals surface area contributed by atoms with Crippen LogP contribution in [0.5, 0.6) is 0 Å². The van der Waals surface area contributed by atoms with Crippen molar-refractivity contribution in [1.29, 1.82) is 5.26 Å². The van der Waals surface area contributed by atoms with Gasteiger partial charge in [0.2, 0.25) is 5.65 Å².